The smallest absolute Gasteiger partial charge is 0.270 e. The first kappa shape index (κ1) is 21.5. The lowest BCUT2D eigenvalue weighted by Crippen LogP contribution is -2.54. The van der Waals surface area contributed by atoms with Gasteiger partial charge in [0, 0.05) is 5.02 Å². The average molecular weight is 543 g/mol. The van der Waals surface area contributed by atoms with E-state index in [0.29, 0.717) is 34.4 Å². The van der Waals surface area contributed by atoms with Gasteiger partial charge < -0.3 is 9.47 Å². The summed E-state index contributed by atoms with van der Waals surface area (Å²) in [5, 5.41) is 3.00. The van der Waals surface area contributed by atoms with E-state index < -0.39 is 11.8 Å². The summed E-state index contributed by atoms with van der Waals surface area (Å²) in [5.74, 6) is 0.0143. The van der Waals surface area contributed by atoms with E-state index >= 15 is 0 Å². The first-order valence-corrected chi connectivity index (χ1v) is 10.4. The number of thiocarbonyl (C=S) groups is 1. The van der Waals surface area contributed by atoms with Gasteiger partial charge in [-0.1, -0.05) is 17.7 Å². The van der Waals surface area contributed by atoms with Crippen LogP contribution < -0.4 is 19.7 Å². The molecule has 9 heteroatoms. The fraction of sp³-hybridized carbons (Fsp3) is 0.150. The Bertz CT molecular complexity index is 1040. The third-order valence-electron chi connectivity index (χ3n) is 4.02. The first-order valence-electron chi connectivity index (χ1n) is 8.53. The molecule has 0 atom stereocenters. The Morgan fingerprint density at radius 2 is 2.03 bits per heavy atom. The third kappa shape index (κ3) is 4.54. The summed E-state index contributed by atoms with van der Waals surface area (Å²) in [6.07, 6.45) is 1.50. The summed E-state index contributed by atoms with van der Waals surface area (Å²) in [7, 11) is 1.53. The molecule has 1 N–H and O–H groups in total. The zero-order valence-corrected chi connectivity index (χ0v) is 19.2. The average Bonchev–Trinajstić information content (AvgIpc) is 2.67. The topological polar surface area (TPSA) is 67.9 Å². The largest absolute Gasteiger partial charge is 0.493 e. The molecule has 0 aliphatic carbocycles. The number of nitrogens with one attached hydrogen (secondary N) is 1. The van der Waals surface area contributed by atoms with Gasteiger partial charge in [0.1, 0.15) is 5.57 Å². The molecule has 3 rings (SSSR count). The lowest BCUT2D eigenvalue weighted by molar-refractivity contribution is -0.122. The van der Waals surface area contributed by atoms with E-state index in [2.05, 4.69) is 27.9 Å². The SMILES string of the molecule is CCOc1c(I)cc(/C=C2\C(=O)NC(=S)N(c3cccc(Cl)c3)C2=O)cc1OC. The molecule has 0 unspecified atom stereocenters. The summed E-state index contributed by atoms with van der Waals surface area (Å²) in [6, 6.07) is 10.2. The maximum atomic E-state index is 13.1. The van der Waals surface area contributed by atoms with Gasteiger partial charge in [0.2, 0.25) is 0 Å². The van der Waals surface area contributed by atoms with Crippen LogP contribution in [0.4, 0.5) is 5.69 Å². The van der Waals surface area contributed by atoms with Crippen LogP contribution in [0.2, 0.25) is 5.02 Å². The maximum absolute atomic E-state index is 13.1. The number of hydrogen-bond donors (Lipinski definition) is 1. The molecule has 1 saturated heterocycles. The highest BCUT2D eigenvalue weighted by Crippen LogP contribution is 2.35. The minimum Gasteiger partial charge on any atom is -0.493 e. The number of carbonyl (C=O) groups is 2. The van der Waals surface area contributed by atoms with Crippen LogP contribution >= 0.6 is 46.4 Å². The van der Waals surface area contributed by atoms with Crippen molar-refractivity contribution in [3.63, 3.8) is 0 Å². The number of carbonyl (C=O) groups excluding carboxylic acids is 2. The second kappa shape index (κ2) is 9.10. The molecule has 1 heterocycles. The summed E-state index contributed by atoms with van der Waals surface area (Å²) >= 11 is 13.3. The van der Waals surface area contributed by atoms with E-state index in [0.717, 1.165) is 3.57 Å². The quantitative estimate of drug-likeness (QED) is 0.266. The van der Waals surface area contributed by atoms with Crippen LogP contribution in [0.1, 0.15) is 12.5 Å². The van der Waals surface area contributed by atoms with Crippen molar-refractivity contribution in [2.45, 2.75) is 6.92 Å². The predicted molar refractivity (Wildman–Crippen MR) is 125 cm³/mol. The van der Waals surface area contributed by atoms with Crippen LogP contribution in [-0.2, 0) is 9.59 Å². The van der Waals surface area contributed by atoms with Crippen molar-refractivity contribution in [3.8, 4) is 11.5 Å². The zero-order chi connectivity index (χ0) is 21.1. The molecule has 0 radical (unpaired) electrons. The minimum absolute atomic E-state index is 0.00160. The van der Waals surface area contributed by atoms with Gasteiger partial charge >= 0.3 is 0 Å². The normalized spacial score (nSPS) is 15.5. The molecule has 150 valence electrons. The maximum Gasteiger partial charge on any atom is 0.270 e. The van der Waals surface area contributed by atoms with Gasteiger partial charge in [0.25, 0.3) is 11.8 Å². The number of hydrogen-bond acceptors (Lipinski definition) is 5. The predicted octanol–water partition coefficient (Wildman–Crippen LogP) is 4.18. The fourth-order valence-electron chi connectivity index (χ4n) is 2.78. The number of ether oxygens (including phenoxy) is 2. The number of methoxy groups -OCH3 is 1. The zero-order valence-electron chi connectivity index (χ0n) is 15.5. The third-order valence-corrected chi connectivity index (χ3v) is 5.34. The highest BCUT2D eigenvalue weighted by Gasteiger charge is 2.34. The van der Waals surface area contributed by atoms with Crippen LogP contribution in [0.15, 0.2) is 42.0 Å². The molecule has 0 saturated carbocycles. The van der Waals surface area contributed by atoms with Crippen molar-refractivity contribution in [3.05, 3.63) is 56.1 Å². The fourth-order valence-corrected chi connectivity index (χ4v) is 4.03. The number of anilines is 1. The molecule has 0 spiro atoms. The van der Waals surface area contributed by atoms with Gasteiger partial charge in [0.05, 0.1) is 23.0 Å². The Hall–Kier alpha value is -2.17. The van der Waals surface area contributed by atoms with Crippen molar-refractivity contribution in [1.82, 2.24) is 5.32 Å². The minimum atomic E-state index is -0.568. The van der Waals surface area contributed by atoms with E-state index in [1.165, 1.54) is 18.1 Å². The number of halogens is 2. The summed E-state index contributed by atoms with van der Waals surface area (Å²) in [5.41, 5.74) is 1.03. The standard InChI is InChI=1S/C20H16ClIN2O4S/c1-3-28-17-15(22)8-11(9-16(17)27-2)7-14-18(25)23-20(29)24(19(14)26)13-6-4-5-12(21)10-13/h4-10H,3H2,1-2H3,(H,23,25,29)/b14-7+. The first-order chi connectivity index (χ1) is 13.8. The summed E-state index contributed by atoms with van der Waals surface area (Å²) in [4.78, 5) is 26.8. The van der Waals surface area contributed by atoms with Gasteiger partial charge in [0.15, 0.2) is 16.6 Å². The van der Waals surface area contributed by atoms with E-state index in [9.17, 15) is 9.59 Å². The molecule has 2 amide bonds. The Balaban J connectivity index is 2.04. The van der Waals surface area contributed by atoms with E-state index in [1.807, 2.05) is 6.92 Å². The number of rotatable bonds is 5. The van der Waals surface area contributed by atoms with Gasteiger partial charge in [-0.05, 0) is 83.7 Å². The molecule has 0 aromatic heterocycles. The number of benzene rings is 2. The molecule has 6 nitrogen and oxygen atoms in total. The number of amides is 2. The van der Waals surface area contributed by atoms with E-state index in [-0.39, 0.29) is 10.7 Å². The molecule has 2 aromatic rings. The van der Waals surface area contributed by atoms with Crippen LogP contribution in [0.5, 0.6) is 11.5 Å². The molecule has 2 aromatic carbocycles. The van der Waals surface area contributed by atoms with Crippen LogP contribution in [0.25, 0.3) is 6.08 Å². The molecule has 1 aliphatic heterocycles. The Labute approximate surface area is 191 Å². The lowest BCUT2D eigenvalue weighted by Gasteiger charge is -2.29. The van der Waals surface area contributed by atoms with Crippen LogP contribution in [0, 0.1) is 3.57 Å². The van der Waals surface area contributed by atoms with Crippen molar-refractivity contribution >= 4 is 75.1 Å². The molecular weight excluding hydrogens is 527 g/mol. The van der Waals surface area contributed by atoms with Crippen LogP contribution in [-0.4, -0.2) is 30.6 Å². The van der Waals surface area contributed by atoms with Crippen molar-refractivity contribution in [2.24, 2.45) is 0 Å². The lowest BCUT2D eigenvalue weighted by atomic mass is 10.1. The van der Waals surface area contributed by atoms with Gasteiger partial charge in [-0.3, -0.25) is 19.8 Å². The highest BCUT2D eigenvalue weighted by atomic mass is 127. The van der Waals surface area contributed by atoms with Gasteiger partial charge in [-0.25, -0.2) is 0 Å². The molecular formula is C20H16ClIN2O4S. The van der Waals surface area contributed by atoms with E-state index in [4.69, 9.17) is 33.3 Å². The Morgan fingerprint density at radius 3 is 2.69 bits per heavy atom. The van der Waals surface area contributed by atoms with E-state index in [1.54, 1.807) is 36.4 Å². The Morgan fingerprint density at radius 1 is 1.28 bits per heavy atom. The van der Waals surface area contributed by atoms with Crippen molar-refractivity contribution in [1.29, 1.82) is 0 Å². The van der Waals surface area contributed by atoms with Gasteiger partial charge in [-0.15, -0.1) is 0 Å². The van der Waals surface area contributed by atoms with Crippen molar-refractivity contribution < 1.29 is 19.1 Å². The van der Waals surface area contributed by atoms with Gasteiger partial charge in [-0.2, -0.15) is 0 Å². The van der Waals surface area contributed by atoms with Crippen LogP contribution in [0.3, 0.4) is 0 Å². The molecule has 29 heavy (non-hydrogen) atoms. The molecule has 1 fully saturated rings. The molecule has 0 bridgehead atoms. The second-order valence-corrected chi connectivity index (χ2v) is 7.89. The second-order valence-electron chi connectivity index (χ2n) is 5.90. The highest BCUT2D eigenvalue weighted by molar-refractivity contribution is 14.1. The summed E-state index contributed by atoms with van der Waals surface area (Å²) < 4.78 is 11.8. The Kier molecular flexibility index (Phi) is 6.76. The monoisotopic (exact) mass is 542 g/mol. The molecule has 1 aliphatic rings. The summed E-state index contributed by atoms with van der Waals surface area (Å²) in [6.45, 7) is 2.36. The number of nitrogens with zero attached hydrogens (tertiary/aromatic N) is 1. The van der Waals surface area contributed by atoms with Crippen molar-refractivity contribution in [2.75, 3.05) is 18.6 Å².